The van der Waals surface area contributed by atoms with Crippen LogP contribution in [0.15, 0.2) is 30.3 Å². The van der Waals surface area contributed by atoms with Crippen LogP contribution in [0.2, 0.25) is 0 Å². The zero-order valence-electron chi connectivity index (χ0n) is 10.9. The van der Waals surface area contributed by atoms with Crippen LogP contribution in [0.25, 0.3) is 0 Å². The molecule has 0 saturated carbocycles. The number of rotatable bonds is 7. The molecule has 1 rings (SSSR count). The molecule has 0 heterocycles. The highest BCUT2D eigenvalue weighted by molar-refractivity contribution is 5.83. The molecule has 100 valence electrons. The summed E-state index contributed by atoms with van der Waals surface area (Å²) < 4.78 is 5.02. The predicted molar refractivity (Wildman–Crippen MR) is 70.4 cm³/mol. The lowest BCUT2D eigenvalue weighted by Crippen LogP contribution is -2.40. The van der Waals surface area contributed by atoms with Crippen LogP contribution in [-0.4, -0.2) is 37.4 Å². The molecule has 4 heteroatoms. The molecule has 0 aliphatic carbocycles. The average Bonchev–Trinajstić information content (AvgIpc) is 2.39. The number of methoxy groups -OCH3 is 1. The van der Waals surface area contributed by atoms with Crippen molar-refractivity contribution in [2.75, 3.05) is 20.3 Å². The molecule has 2 unspecified atom stereocenters. The highest BCUT2D eigenvalue weighted by Crippen LogP contribution is 2.14. The third-order valence-electron chi connectivity index (χ3n) is 2.88. The summed E-state index contributed by atoms with van der Waals surface area (Å²) in [5.41, 5.74) is 0.982. The first-order valence-corrected chi connectivity index (χ1v) is 6.14. The number of amides is 1. The minimum Gasteiger partial charge on any atom is -0.396 e. The Bertz CT molecular complexity index is 347. The lowest BCUT2D eigenvalue weighted by Gasteiger charge is -2.20. The number of ether oxygens (including phenoxy) is 1. The molecule has 0 saturated heterocycles. The Balaban J connectivity index is 2.58. The van der Waals surface area contributed by atoms with E-state index in [1.807, 2.05) is 37.3 Å². The molecule has 0 radical (unpaired) electrons. The number of carbonyl (C=O) groups is 1. The van der Waals surface area contributed by atoms with Crippen LogP contribution < -0.4 is 5.32 Å². The number of aliphatic hydroxyl groups excluding tert-OH is 1. The van der Waals surface area contributed by atoms with Crippen LogP contribution in [0.1, 0.15) is 24.8 Å². The second-order valence-corrected chi connectivity index (χ2v) is 4.31. The zero-order chi connectivity index (χ0) is 13.4. The number of nitrogens with one attached hydrogen (secondary N) is 1. The van der Waals surface area contributed by atoms with Gasteiger partial charge in [0.25, 0.3) is 0 Å². The van der Waals surface area contributed by atoms with Gasteiger partial charge in [0.15, 0.2) is 0 Å². The molecule has 1 aromatic carbocycles. The maximum atomic E-state index is 12.1. The van der Waals surface area contributed by atoms with Crippen molar-refractivity contribution < 1.29 is 14.6 Å². The van der Waals surface area contributed by atoms with Gasteiger partial charge in [-0.15, -0.1) is 0 Å². The normalized spacial score (nSPS) is 13.9. The molecular weight excluding hydrogens is 230 g/mol. The summed E-state index contributed by atoms with van der Waals surface area (Å²) in [6.07, 6.45) is 0.501. The van der Waals surface area contributed by atoms with Crippen LogP contribution in [0.3, 0.4) is 0 Å². The summed E-state index contributed by atoms with van der Waals surface area (Å²) in [5.74, 6) is -0.249. The van der Waals surface area contributed by atoms with Gasteiger partial charge in [0.05, 0.1) is 18.6 Å². The monoisotopic (exact) mass is 251 g/mol. The smallest absolute Gasteiger partial charge is 0.227 e. The van der Waals surface area contributed by atoms with Gasteiger partial charge in [0, 0.05) is 13.7 Å². The molecule has 18 heavy (non-hydrogen) atoms. The Morgan fingerprint density at radius 3 is 2.61 bits per heavy atom. The number of benzene rings is 1. The van der Waals surface area contributed by atoms with Crippen LogP contribution >= 0.6 is 0 Å². The van der Waals surface area contributed by atoms with Crippen molar-refractivity contribution in [1.82, 2.24) is 5.32 Å². The van der Waals surface area contributed by atoms with Crippen molar-refractivity contribution in [3.63, 3.8) is 0 Å². The Kier molecular flexibility index (Phi) is 6.39. The highest BCUT2D eigenvalue weighted by atomic mass is 16.5. The van der Waals surface area contributed by atoms with Gasteiger partial charge in [-0.2, -0.15) is 0 Å². The third-order valence-corrected chi connectivity index (χ3v) is 2.88. The molecule has 0 aromatic heterocycles. The molecule has 1 aromatic rings. The summed E-state index contributed by atoms with van der Waals surface area (Å²) in [5, 5.41) is 11.8. The summed E-state index contributed by atoms with van der Waals surface area (Å²) in [6, 6.07) is 9.48. The van der Waals surface area contributed by atoms with E-state index in [9.17, 15) is 4.79 Å². The van der Waals surface area contributed by atoms with E-state index >= 15 is 0 Å². The Hall–Kier alpha value is -1.39. The first kappa shape index (κ1) is 14.7. The minimum absolute atomic E-state index is 0.0357. The summed E-state index contributed by atoms with van der Waals surface area (Å²) in [4.78, 5) is 12.1. The number of hydrogen-bond acceptors (Lipinski definition) is 3. The van der Waals surface area contributed by atoms with Gasteiger partial charge in [-0.3, -0.25) is 4.79 Å². The van der Waals surface area contributed by atoms with E-state index in [-0.39, 0.29) is 24.5 Å². The van der Waals surface area contributed by atoms with Gasteiger partial charge < -0.3 is 15.2 Å². The zero-order valence-corrected chi connectivity index (χ0v) is 10.9. The Labute approximate surface area is 108 Å². The summed E-state index contributed by atoms with van der Waals surface area (Å²) in [6.45, 7) is 2.31. The van der Waals surface area contributed by atoms with E-state index in [2.05, 4.69) is 5.32 Å². The summed E-state index contributed by atoms with van der Waals surface area (Å²) >= 11 is 0. The summed E-state index contributed by atoms with van der Waals surface area (Å²) in [7, 11) is 1.58. The second-order valence-electron chi connectivity index (χ2n) is 4.31. The number of carbonyl (C=O) groups excluding carboxylic acids is 1. The van der Waals surface area contributed by atoms with Gasteiger partial charge in [-0.1, -0.05) is 30.3 Å². The van der Waals surface area contributed by atoms with E-state index in [0.717, 1.165) is 5.56 Å². The van der Waals surface area contributed by atoms with Gasteiger partial charge >= 0.3 is 0 Å². The molecule has 2 N–H and O–H groups in total. The Morgan fingerprint density at radius 2 is 2.06 bits per heavy atom. The van der Waals surface area contributed by atoms with E-state index in [4.69, 9.17) is 9.84 Å². The number of hydrogen-bond donors (Lipinski definition) is 2. The van der Waals surface area contributed by atoms with Gasteiger partial charge in [-0.05, 0) is 18.9 Å². The van der Waals surface area contributed by atoms with Gasteiger partial charge in [0.2, 0.25) is 5.91 Å². The molecule has 2 atom stereocenters. The van der Waals surface area contributed by atoms with Crippen molar-refractivity contribution in [3.05, 3.63) is 35.9 Å². The van der Waals surface area contributed by atoms with E-state index in [1.54, 1.807) is 7.11 Å². The lowest BCUT2D eigenvalue weighted by atomic mass is 10.00. The van der Waals surface area contributed by atoms with Crippen molar-refractivity contribution in [2.24, 2.45) is 0 Å². The van der Waals surface area contributed by atoms with Crippen LogP contribution in [0.4, 0.5) is 0 Å². The largest absolute Gasteiger partial charge is 0.396 e. The first-order valence-electron chi connectivity index (χ1n) is 6.14. The van der Waals surface area contributed by atoms with Crippen molar-refractivity contribution >= 4 is 5.91 Å². The maximum Gasteiger partial charge on any atom is 0.227 e. The standard InChI is InChI=1S/C14H21NO3/c1-11(12-6-4-3-5-7-12)14(17)15-13(8-9-16)10-18-2/h3-7,11,13,16H,8-10H2,1-2H3,(H,15,17). The molecule has 1 amide bonds. The first-order chi connectivity index (χ1) is 8.69. The van der Waals surface area contributed by atoms with E-state index in [0.29, 0.717) is 13.0 Å². The third kappa shape index (κ3) is 4.47. The number of aliphatic hydroxyl groups is 1. The molecular formula is C14H21NO3. The molecule has 4 nitrogen and oxygen atoms in total. The van der Waals surface area contributed by atoms with Gasteiger partial charge in [-0.25, -0.2) is 0 Å². The van der Waals surface area contributed by atoms with Crippen molar-refractivity contribution in [1.29, 1.82) is 0 Å². The average molecular weight is 251 g/mol. The lowest BCUT2D eigenvalue weighted by molar-refractivity contribution is -0.123. The van der Waals surface area contributed by atoms with E-state index in [1.165, 1.54) is 0 Å². The minimum atomic E-state index is -0.204. The van der Waals surface area contributed by atoms with Crippen LogP contribution in [0, 0.1) is 0 Å². The van der Waals surface area contributed by atoms with Gasteiger partial charge in [0.1, 0.15) is 0 Å². The fourth-order valence-corrected chi connectivity index (χ4v) is 1.77. The van der Waals surface area contributed by atoms with E-state index < -0.39 is 0 Å². The van der Waals surface area contributed by atoms with Crippen LogP contribution in [0.5, 0.6) is 0 Å². The fourth-order valence-electron chi connectivity index (χ4n) is 1.77. The molecule has 0 aliphatic rings. The SMILES string of the molecule is COCC(CCO)NC(=O)C(C)c1ccccc1. The second kappa shape index (κ2) is 7.84. The highest BCUT2D eigenvalue weighted by Gasteiger charge is 2.18. The quantitative estimate of drug-likeness (QED) is 0.768. The van der Waals surface area contributed by atoms with Crippen molar-refractivity contribution in [3.8, 4) is 0 Å². The molecule has 0 spiro atoms. The molecule has 0 bridgehead atoms. The van der Waals surface area contributed by atoms with Crippen molar-refractivity contribution in [2.45, 2.75) is 25.3 Å². The fraction of sp³-hybridized carbons (Fsp3) is 0.500. The predicted octanol–water partition coefficient (Wildman–Crippen LogP) is 1.30. The molecule has 0 aliphatic heterocycles. The Morgan fingerprint density at radius 1 is 1.39 bits per heavy atom. The maximum absolute atomic E-state index is 12.1. The van der Waals surface area contributed by atoms with Crippen LogP contribution in [-0.2, 0) is 9.53 Å². The molecule has 0 fully saturated rings. The topological polar surface area (TPSA) is 58.6 Å².